The molecule has 2 aromatic carbocycles. The number of benzene rings is 2. The first-order valence-corrected chi connectivity index (χ1v) is 8.63. The van der Waals surface area contributed by atoms with Gasteiger partial charge in [0.25, 0.3) is 5.91 Å². The fraction of sp³-hybridized carbons (Fsp3) is 0.350. The van der Waals surface area contributed by atoms with Crippen LogP contribution in [0, 0.1) is 0 Å². The van der Waals surface area contributed by atoms with Gasteiger partial charge in [-0.25, -0.2) is 0 Å². The Bertz CT molecular complexity index is 779. The number of phenolic OH excluding ortho intramolecular Hbond substituents is 3. The summed E-state index contributed by atoms with van der Waals surface area (Å²) in [6.45, 7) is 3.34. The summed E-state index contributed by atoms with van der Waals surface area (Å²) in [6, 6.07) is 11.1. The van der Waals surface area contributed by atoms with E-state index in [-0.39, 0.29) is 11.5 Å². The number of aryl methyl sites for hydroxylation is 1. The molecule has 132 valence electrons. The molecule has 1 fully saturated rings. The van der Waals surface area contributed by atoms with E-state index in [4.69, 9.17) is 0 Å². The molecule has 0 bridgehead atoms. The number of hydrogen-bond acceptors (Lipinski definition) is 4. The van der Waals surface area contributed by atoms with Crippen molar-refractivity contribution in [1.29, 1.82) is 0 Å². The first kappa shape index (κ1) is 17.1. The number of carbonyl (C=O) groups is 1. The third-order valence-electron chi connectivity index (χ3n) is 4.97. The van der Waals surface area contributed by atoms with E-state index in [2.05, 4.69) is 31.2 Å². The Kier molecular flexibility index (Phi) is 4.83. The van der Waals surface area contributed by atoms with E-state index >= 15 is 0 Å². The minimum Gasteiger partial charge on any atom is -0.504 e. The Hall–Kier alpha value is -2.69. The summed E-state index contributed by atoms with van der Waals surface area (Å²) >= 11 is 0. The lowest BCUT2D eigenvalue weighted by Crippen LogP contribution is -2.38. The maximum Gasteiger partial charge on any atom is 0.257 e. The minimum absolute atomic E-state index is 0.0155. The number of likely N-dealkylation sites (tertiary alicyclic amines) is 1. The SMILES string of the molecule is CCc1cccc(C2CCN(C(=O)c3ccc(O)c(O)c3O)CC2)c1. The van der Waals surface area contributed by atoms with Gasteiger partial charge >= 0.3 is 0 Å². The number of amides is 1. The lowest BCUT2D eigenvalue weighted by molar-refractivity contribution is 0.0709. The van der Waals surface area contributed by atoms with Crippen LogP contribution in [0.25, 0.3) is 0 Å². The molecular weight excluding hydrogens is 318 g/mol. The number of phenols is 3. The van der Waals surface area contributed by atoms with Crippen LogP contribution in [0.3, 0.4) is 0 Å². The predicted molar refractivity (Wildman–Crippen MR) is 95.1 cm³/mol. The molecule has 25 heavy (non-hydrogen) atoms. The van der Waals surface area contributed by atoms with Crippen molar-refractivity contribution in [3.05, 3.63) is 53.1 Å². The highest BCUT2D eigenvalue weighted by Gasteiger charge is 2.27. The van der Waals surface area contributed by atoms with Crippen molar-refractivity contribution in [2.24, 2.45) is 0 Å². The van der Waals surface area contributed by atoms with Gasteiger partial charge in [-0.05, 0) is 48.4 Å². The van der Waals surface area contributed by atoms with E-state index in [1.807, 2.05) is 0 Å². The third-order valence-corrected chi connectivity index (χ3v) is 4.97. The summed E-state index contributed by atoms with van der Waals surface area (Å²) in [5.74, 6) is -1.56. The molecule has 0 spiro atoms. The molecule has 1 amide bonds. The van der Waals surface area contributed by atoms with Crippen LogP contribution in [0.5, 0.6) is 17.2 Å². The average molecular weight is 341 g/mol. The quantitative estimate of drug-likeness (QED) is 0.748. The molecule has 3 N–H and O–H groups in total. The summed E-state index contributed by atoms with van der Waals surface area (Å²) in [5, 5.41) is 28.9. The van der Waals surface area contributed by atoms with Crippen LogP contribution in [0.4, 0.5) is 0 Å². The van der Waals surface area contributed by atoms with E-state index < -0.39 is 17.2 Å². The first-order valence-electron chi connectivity index (χ1n) is 8.63. The summed E-state index contributed by atoms with van der Waals surface area (Å²) < 4.78 is 0. The van der Waals surface area contributed by atoms with Crippen LogP contribution >= 0.6 is 0 Å². The van der Waals surface area contributed by atoms with Gasteiger partial charge in [0.2, 0.25) is 5.75 Å². The monoisotopic (exact) mass is 341 g/mol. The van der Waals surface area contributed by atoms with Crippen molar-refractivity contribution in [1.82, 2.24) is 4.90 Å². The predicted octanol–water partition coefficient (Wildman–Crippen LogP) is 3.39. The van der Waals surface area contributed by atoms with Gasteiger partial charge in [0, 0.05) is 13.1 Å². The van der Waals surface area contributed by atoms with Crippen molar-refractivity contribution < 1.29 is 20.1 Å². The molecule has 0 radical (unpaired) electrons. The van der Waals surface area contributed by atoms with Gasteiger partial charge in [0.1, 0.15) is 0 Å². The van der Waals surface area contributed by atoms with E-state index in [9.17, 15) is 20.1 Å². The van der Waals surface area contributed by atoms with E-state index in [0.29, 0.717) is 19.0 Å². The fourth-order valence-corrected chi connectivity index (χ4v) is 3.39. The van der Waals surface area contributed by atoms with Crippen LogP contribution in [-0.4, -0.2) is 39.2 Å². The van der Waals surface area contributed by atoms with Gasteiger partial charge in [0.15, 0.2) is 11.5 Å². The highest BCUT2D eigenvalue weighted by atomic mass is 16.3. The normalized spacial score (nSPS) is 15.3. The number of aromatic hydroxyl groups is 3. The molecule has 1 saturated heterocycles. The molecule has 0 saturated carbocycles. The van der Waals surface area contributed by atoms with Gasteiger partial charge in [-0.1, -0.05) is 31.2 Å². The van der Waals surface area contributed by atoms with Crippen molar-refractivity contribution in [3.63, 3.8) is 0 Å². The zero-order valence-electron chi connectivity index (χ0n) is 14.3. The summed E-state index contributed by atoms with van der Waals surface area (Å²) in [4.78, 5) is 14.3. The van der Waals surface area contributed by atoms with Crippen LogP contribution in [0.15, 0.2) is 36.4 Å². The first-order chi connectivity index (χ1) is 12.0. The van der Waals surface area contributed by atoms with Crippen molar-refractivity contribution >= 4 is 5.91 Å². The summed E-state index contributed by atoms with van der Waals surface area (Å²) in [6.07, 6.45) is 2.74. The lowest BCUT2D eigenvalue weighted by Gasteiger charge is -2.32. The minimum atomic E-state index is -0.655. The van der Waals surface area contributed by atoms with Crippen LogP contribution in [-0.2, 0) is 6.42 Å². The smallest absolute Gasteiger partial charge is 0.257 e. The molecule has 0 aromatic heterocycles. The van der Waals surface area contributed by atoms with Gasteiger partial charge in [0.05, 0.1) is 5.56 Å². The number of piperidine rings is 1. The number of rotatable bonds is 3. The van der Waals surface area contributed by atoms with Gasteiger partial charge < -0.3 is 20.2 Å². The largest absolute Gasteiger partial charge is 0.504 e. The Morgan fingerprint density at radius 1 is 1.08 bits per heavy atom. The van der Waals surface area contributed by atoms with Gasteiger partial charge in [-0.2, -0.15) is 0 Å². The van der Waals surface area contributed by atoms with E-state index in [1.54, 1.807) is 4.90 Å². The van der Waals surface area contributed by atoms with Crippen LogP contribution in [0.2, 0.25) is 0 Å². The molecule has 0 atom stereocenters. The topological polar surface area (TPSA) is 81.0 Å². The molecule has 0 unspecified atom stereocenters. The second kappa shape index (κ2) is 7.05. The van der Waals surface area contributed by atoms with E-state index in [0.717, 1.165) is 19.3 Å². The van der Waals surface area contributed by atoms with E-state index in [1.165, 1.54) is 23.3 Å². The maximum absolute atomic E-state index is 12.6. The second-order valence-corrected chi connectivity index (χ2v) is 6.49. The number of nitrogens with zero attached hydrogens (tertiary/aromatic N) is 1. The molecule has 1 heterocycles. The Morgan fingerprint density at radius 3 is 2.48 bits per heavy atom. The standard InChI is InChI=1S/C20H23NO4/c1-2-13-4-3-5-15(12-13)14-8-10-21(11-9-14)20(25)16-6-7-17(22)19(24)18(16)23/h3-7,12,14,22-24H,2,8-11H2,1H3. The van der Waals surface area contributed by atoms with Gasteiger partial charge in [-0.3, -0.25) is 4.79 Å². The number of hydrogen-bond donors (Lipinski definition) is 3. The van der Waals surface area contributed by atoms with Gasteiger partial charge in [-0.15, -0.1) is 0 Å². The summed E-state index contributed by atoms with van der Waals surface area (Å²) in [5.41, 5.74) is 2.65. The van der Waals surface area contributed by atoms with Crippen molar-refractivity contribution in [2.45, 2.75) is 32.1 Å². The van der Waals surface area contributed by atoms with Crippen LogP contribution in [0.1, 0.15) is 47.2 Å². The zero-order chi connectivity index (χ0) is 18.0. The van der Waals surface area contributed by atoms with Crippen LogP contribution < -0.4 is 0 Å². The molecular formula is C20H23NO4. The highest BCUT2D eigenvalue weighted by Crippen LogP contribution is 2.38. The zero-order valence-corrected chi connectivity index (χ0v) is 14.3. The maximum atomic E-state index is 12.6. The molecule has 5 nitrogen and oxygen atoms in total. The molecule has 1 aliphatic rings. The molecule has 5 heteroatoms. The van der Waals surface area contributed by atoms with Crippen molar-refractivity contribution in [3.8, 4) is 17.2 Å². The highest BCUT2D eigenvalue weighted by molar-refractivity contribution is 5.98. The second-order valence-electron chi connectivity index (χ2n) is 6.49. The molecule has 0 aliphatic carbocycles. The molecule has 1 aliphatic heterocycles. The summed E-state index contributed by atoms with van der Waals surface area (Å²) in [7, 11) is 0. The number of carbonyl (C=O) groups excluding carboxylic acids is 1. The third kappa shape index (κ3) is 3.40. The van der Waals surface area contributed by atoms with Crippen molar-refractivity contribution in [2.75, 3.05) is 13.1 Å². The Morgan fingerprint density at radius 2 is 1.80 bits per heavy atom. The molecule has 3 rings (SSSR count). The Labute approximate surface area is 147 Å². The lowest BCUT2D eigenvalue weighted by atomic mass is 9.88. The fourth-order valence-electron chi connectivity index (χ4n) is 3.39. The Balaban J connectivity index is 1.70. The average Bonchev–Trinajstić information content (AvgIpc) is 2.66. The molecule has 2 aromatic rings.